The number of nitrogen functional groups attached to an aromatic ring is 2. The first-order valence-electron chi connectivity index (χ1n) is 4.18. The van der Waals surface area contributed by atoms with E-state index in [-0.39, 0.29) is 0 Å². The third-order valence-corrected chi connectivity index (χ3v) is 2.11. The van der Waals surface area contributed by atoms with Gasteiger partial charge in [0.05, 0.1) is 11.4 Å². The fourth-order valence-electron chi connectivity index (χ4n) is 1.19. The van der Waals surface area contributed by atoms with E-state index in [4.69, 9.17) is 11.5 Å². The van der Waals surface area contributed by atoms with Crippen molar-refractivity contribution in [1.29, 1.82) is 0 Å². The van der Waals surface area contributed by atoms with Crippen molar-refractivity contribution < 1.29 is 0 Å². The Labute approximate surface area is 73.6 Å². The van der Waals surface area contributed by atoms with E-state index in [0.717, 1.165) is 5.56 Å². The molecule has 0 aliphatic carbocycles. The Kier molecular flexibility index (Phi) is 2.27. The Morgan fingerprint density at radius 3 is 2.17 bits per heavy atom. The number of nitrogens with two attached hydrogens (primary N) is 2. The third kappa shape index (κ3) is 1.52. The summed E-state index contributed by atoms with van der Waals surface area (Å²) in [7, 11) is 0. The zero-order valence-electron chi connectivity index (χ0n) is 7.89. The maximum absolute atomic E-state index is 5.73. The van der Waals surface area contributed by atoms with Gasteiger partial charge in [-0.2, -0.15) is 0 Å². The molecule has 1 aromatic carbocycles. The van der Waals surface area contributed by atoms with Crippen LogP contribution in [-0.4, -0.2) is 0 Å². The monoisotopic (exact) mass is 164 g/mol. The van der Waals surface area contributed by atoms with Crippen molar-refractivity contribution in [3.63, 3.8) is 0 Å². The largest absolute Gasteiger partial charge is 0.397 e. The maximum atomic E-state index is 5.73. The fourth-order valence-corrected chi connectivity index (χ4v) is 1.19. The van der Waals surface area contributed by atoms with Crippen LogP contribution in [0.2, 0.25) is 0 Å². The predicted molar refractivity (Wildman–Crippen MR) is 54.1 cm³/mol. The SMILES string of the molecule is Cc1cc(C(C)C)cc(N)c1N. The number of hydrogen-bond acceptors (Lipinski definition) is 2. The average molecular weight is 164 g/mol. The summed E-state index contributed by atoms with van der Waals surface area (Å²) in [6.07, 6.45) is 0. The molecule has 0 fully saturated rings. The van der Waals surface area contributed by atoms with Crippen molar-refractivity contribution in [3.8, 4) is 0 Å². The van der Waals surface area contributed by atoms with E-state index >= 15 is 0 Å². The van der Waals surface area contributed by atoms with Gasteiger partial charge in [-0.15, -0.1) is 0 Å². The second-order valence-electron chi connectivity index (χ2n) is 3.50. The molecule has 2 nitrogen and oxygen atoms in total. The van der Waals surface area contributed by atoms with Crippen molar-refractivity contribution in [2.45, 2.75) is 26.7 Å². The smallest absolute Gasteiger partial charge is 0.0577 e. The highest BCUT2D eigenvalue weighted by Gasteiger charge is 2.04. The Hall–Kier alpha value is -1.18. The molecular weight excluding hydrogens is 148 g/mol. The number of benzene rings is 1. The van der Waals surface area contributed by atoms with Crippen molar-refractivity contribution in [2.24, 2.45) is 0 Å². The summed E-state index contributed by atoms with van der Waals surface area (Å²) in [5, 5.41) is 0. The molecule has 66 valence electrons. The molecule has 1 aromatic rings. The molecule has 0 radical (unpaired) electrons. The highest BCUT2D eigenvalue weighted by molar-refractivity contribution is 5.68. The van der Waals surface area contributed by atoms with Crippen LogP contribution >= 0.6 is 0 Å². The van der Waals surface area contributed by atoms with Gasteiger partial charge < -0.3 is 11.5 Å². The van der Waals surface area contributed by atoms with Gasteiger partial charge in [-0.1, -0.05) is 19.9 Å². The number of anilines is 2. The first-order valence-corrected chi connectivity index (χ1v) is 4.18. The van der Waals surface area contributed by atoms with Gasteiger partial charge in [0, 0.05) is 0 Å². The number of rotatable bonds is 1. The molecule has 0 unspecified atom stereocenters. The van der Waals surface area contributed by atoms with Crippen LogP contribution in [0, 0.1) is 6.92 Å². The van der Waals surface area contributed by atoms with Crippen molar-refractivity contribution in [2.75, 3.05) is 11.5 Å². The van der Waals surface area contributed by atoms with Gasteiger partial charge >= 0.3 is 0 Å². The topological polar surface area (TPSA) is 52.0 Å². The van der Waals surface area contributed by atoms with Crippen molar-refractivity contribution >= 4 is 11.4 Å². The number of aryl methyl sites for hydroxylation is 1. The molecule has 4 N–H and O–H groups in total. The van der Waals surface area contributed by atoms with Gasteiger partial charge in [0.25, 0.3) is 0 Å². The summed E-state index contributed by atoms with van der Waals surface area (Å²) in [5.41, 5.74) is 15.2. The minimum atomic E-state index is 0.506. The van der Waals surface area contributed by atoms with Gasteiger partial charge in [0.1, 0.15) is 0 Å². The second kappa shape index (κ2) is 3.05. The quantitative estimate of drug-likeness (QED) is 0.626. The molecule has 0 spiro atoms. The Morgan fingerprint density at radius 1 is 1.17 bits per heavy atom. The average Bonchev–Trinajstić information content (AvgIpc) is 1.99. The summed E-state index contributed by atoms with van der Waals surface area (Å²) >= 11 is 0. The standard InChI is InChI=1S/C10H16N2/c1-6(2)8-4-7(3)10(12)9(11)5-8/h4-6H,11-12H2,1-3H3. The van der Waals surface area contributed by atoms with Gasteiger partial charge in [0.2, 0.25) is 0 Å². The van der Waals surface area contributed by atoms with Crippen LogP contribution in [-0.2, 0) is 0 Å². The van der Waals surface area contributed by atoms with Gasteiger partial charge in [-0.05, 0) is 30.0 Å². The van der Waals surface area contributed by atoms with Crippen LogP contribution in [0.4, 0.5) is 11.4 Å². The summed E-state index contributed by atoms with van der Waals surface area (Å²) in [6.45, 7) is 6.27. The van der Waals surface area contributed by atoms with E-state index in [0.29, 0.717) is 17.3 Å². The van der Waals surface area contributed by atoms with E-state index < -0.39 is 0 Å². The van der Waals surface area contributed by atoms with E-state index in [1.165, 1.54) is 5.56 Å². The Balaban J connectivity index is 3.21. The first-order chi connectivity index (χ1) is 5.52. The molecule has 0 heterocycles. The summed E-state index contributed by atoms with van der Waals surface area (Å²) in [4.78, 5) is 0. The van der Waals surface area contributed by atoms with Crippen LogP contribution < -0.4 is 11.5 Å². The molecule has 0 bridgehead atoms. The lowest BCUT2D eigenvalue weighted by molar-refractivity contribution is 0.866. The lowest BCUT2D eigenvalue weighted by atomic mass is 9.99. The lowest BCUT2D eigenvalue weighted by Crippen LogP contribution is -2.00. The highest BCUT2D eigenvalue weighted by Crippen LogP contribution is 2.25. The molecule has 0 saturated carbocycles. The summed E-state index contributed by atoms with van der Waals surface area (Å²) < 4.78 is 0. The van der Waals surface area contributed by atoms with Crippen LogP contribution in [0.3, 0.4) is 0 Å². The normalized spacial score (nSPS) is 10.7. The Morgan fingerprint density at radius 2 is 1.75 bits per heavy atom. The molecule has 0 amide bonds. The molecule has 1 rings (SSSR count). The maximum Gasteiger partial charge on any atom is 0.0577 e. The summed E-state index contributed by atoms with van der Waals surface area (Å²) in [5.74, 6) is 0.506. The zero-order valence-corrected chi connectivity index (χ0v) is 7.89. The van der Waals surface area contributed by atoms with E-state index in [1.54, 1.807) is 0 Å². The first kappa shape index (κ1) is 8.91. The van der Waals surface area contributed by atoms with Crippen LogP contribution in [0.15, 0.2) is 12.1 Å². The molecule has 0 aliphatic rings. The minimum absolute atomic E-state index is 0.506. The molecule has 0 saturated heterocycles. The van der Waals surface area contributed by atoms with Crippen LogP contribution in [0.5, 0.6) is 0 Å². The molecule has 2 heteroatoms. The Bertz CT molecular complexity index is 267. The van der Waals surface area contributed by atoms with Crippen molar-refractivity contribution in [1.82, 2.24) is 0 Å². The van der Waals surface area contributed by atoms with Gasteiger partial charge in [-0.25, -0.2) is 0 Å². The zero-order chi connectivity index (χ0) is 9.30. The van der Waals surface area contributed by atoms with E-state index in [1.807, 2.05) is 13.0 Å². The second-order valence-corrected chi connectivity index (χ2v) is 3.50. The highest BCUT2D eigenvalue weighted by atomic mass is 14.7. The molecule has 0 aliphatic heterocycles. The van der Waals surface area contributed by atoms with Gasteiger partial charge in [-0.3, -0.25) is 0 Å². The van der Waals surface area contributed by atoms with Gasteiger partial charge in [0.15, 0.2) is 0 Å². The summed E-state index contributed by atoms with van der Waals surface area (Å²) in [6, 6.07) is 4.04. The van der Waals surface area contributed by atoms with Crippen LogP contribution in [0.25, 0.3) is 0 Å². The third-order valence-electron chi connectivity index (χ3n) is 2.11. The van der Waals surface area contributed by atoms with Crippen LogP contribution in [0.1, 0.15) is 30.9 Å². The van der Waals surface area contributed by atoms with Crippen molar-refractivity contribution in [3.05, 3.63) is 23.3 Å². The molecule has 0 aromatic heterocycles. The van der Waals surface area contributed by atoms with E-state index in [2.05, 4.69) is 19.9 Å². The molecule has 12 heavy (non-hydrogen) atoms. The lowest BCUT2D eigenvalue weighted by Gasteiger charge is -2.10. The fraction of sp³-hybridized carbons (Fsp3) is 0.400. The molecule has 0 atom stereocenters. The number of hydrogen-bond donors (Lipinski definition) is 2. The minimum Gasteiger partial charge on any atom is -0.397 e. The predicted octanol–water partition coefficient (Wildman–Crippen LogP) is 2.28. The molecular formula is C10H16N2. The van der Waals surface area contributed by atoms with E-state index in [9.17, 15) is 0 Å².